The van der Waals surface area contributed by atoms with E-state index in [2.05, 4.69) is 15.9 Å². The highest BCUT2D eigenvalue weighted by Gasteiger charge is 2.27. The molecular weight excluding hydrogens is 299 g/mol. The predicted molar refractivity (Wildman–Crippen MR) is 62.9 cm³/mol. The van der Waals surface area contributed by atoms with Crippen LogP contribution in [0.3, 0.4) is 0 Å². The predicted octanol–water partition coefficient (Wildman–Crippen LogP) is 3.80. The lowest BCUT2D eigenvalue weighted by Gasteiger charge is -2.14. The third-order valence-electron chi connectivity index (χ3n) is 2.34. The molecule has 0 saturated heterocycles. The fourth-order valence-corrected chi connectivity index (χ4v) is 1.96. The number of methoxy groups -OCH3 is 1. The lowest BCUT2D eigenvalue weighted by atomic mass is 10.0. The van der Waals surface area contributed by atoms with Gasteiger partial charge in [0.05, 0.1) is 11.6 Å². The molecule has 0 bridgehead atoms. The van der Waals surface area contributed by atoms with Crippen molar-refractivity contribution in [3.05, 3.63) is 28.2 Å². The van der Waals surface area contributed by atoms with Gasteiger partial charge in [0.25, 0.3) is 0 Å². The van der Waals surface area contributed by atoms with Crippen molar-refractivity contribution < 1.29 is 17.9 Å². The molecule has 1 rings (SSSR count). The molecule has 96 valence electrons. The molecule has 0 amide bonds. The van der Waals surface area contributed by atoms with Gasteiger partial charge in [-0.15, -0.1) is 0 Å². The van der Waals surface area contributed by atoms with E-state index in [1.807, 2.05) is 0 Å². The molecule has 2 nitrogen and oxygen atoms in total. The van der Waals surface area contributed by atoms with Gasteiger partial charge < -0.3 is 10.5 Å². The molecule has 0 aliphatic heterocycles. The van der Waals surface area contributed by atoms with Crippen molar-refractivity contribution >= 4 is 15.9 Å². The molecule has 2 N–H and O–H groups in total. The van der Waals surface area contributed by atoms with Crippen molar-refractivity contribution in [2.75, 3.05) is 7.11 Å². The van der Waals surface area contributed by atoms with Crippen molar-refractivity contribution in [1.82, 2.24) is 0 Å². The largest absolute Gasteiger partial charge is 0.496 e. The highest BCUT2D eigenvalue weighted by molar-refractivity contribution is 9.10. The Morgan fingerprint density at radius 1 is 1.41 bits per heavy atom. The topological polar surface area (TPSA) is 35.2 Å². The van der Waals surface area contributed by atoms with Gasteiger partial charge in [0.2, 0.25) is 0 Å². The highest BCUT2D eigenvalue weighted by atomic mass is 79.9. The normalized spacial score (nSPS) is 13.5. The van der Waals surface area contributed by atoms with Gasteiger partial charge in [-0.2, -0.15) is 13.2 Å². The summed E-state index contributed by atoms with van der Waals surface area (Å²) in [6, 6.07) is 4.40. The van der Waals surface area contributed by atoms with Crippen LogP contribution in [0.25, 0.3) is 0 Å². The van der Waals surface area contributed by atoms with Gasteiger partial charge in [0.1, 0.15) is 5.75 Å². The fourth-order valence-electron chi connectivity index (χ4n) is 1.40. The molecular formula is C11H13BrF3NO. The van der Waals surface area contributed by atoms with Gasteiger partial charge >= 0.3 is 6.18 Å². The van der Waals surface area contributed by atoms with Gasteiger partial charge in [-0.3, -0.25) is 0 Å². The maximum Gasteiger partial charge on any atom is 0.389 e. The highest BCUT2D eigenvalue weighted by Crippen LogP contribution is 2.30. The van der Waals surface area contributed by atoms with E-state index in [0.717, 1.165) is 0 Å². The molecule has 0 saturated carbocycles. The summed E-state index contributed by atoms with van der Waals surface area (Å²) in [5.74, 6) is 0.622. The van der Waals surface area contributed by atoms with E-state index < -0.39 is 18.6 Å². The molecule has 0 fully saturated rings. The van der Waals surface area contributed by atoms with Crippen LogP contribution < -0.4 is 10.5 Å². The molecule has 1 aromatic carbocycles. The summed E-state index contributed by atoms with van der Waals surface area (Å²) in [6.07, 6.45) is -5.17. The van der Waals surface area contributed by atoms with Gasteiger partial charge in [-0.25, -0.2) is 0 Å². The van der Waals surface area contributed by atoms with Crippen molar-refractivity contribution in [1.29, 1.82) is 0 Å². The number of hydrogen-bond donors (Lipinski definition) is 1. The number of benzene rings is 1. The third kappa shape index (κ3) is 4.55. The Bertz CT molecular complexity index is 381. The van der Waals surface area contributed by atoms with Crippen molar-refractivity contribution in [2.24, 2.45) is 5.73 Å². The molecule has 0 unspecified atom stereocenters. The minimum absolute atomic E-state index is 0.123. The van der Waals surface area contributed by atoms with E-state index in [1.54, 1.807) is 18.2 Å². The Morgan fingerprint density at radius 2 is 2.06 bits per heavy atom. The first kappa shape index (κ1) is 14.3. The quantitative estimate of drug-likeness (QED) is 0.918. The van der Waals surface area contributed by atoms with Crippen LogP contribution in [-0.4, -0.2) is 13.3 Å². The monoisotopic (exact) mass is 311 g/mol. The number of rotatable bonds is 4. The van der Waals surface area contributed by atoms with Crippen LogP contribution in [-0.2, 0) is 0 Å². The summed E-state index contributed by atoms with van der Waals surface area (Å²) in [6.45, 7) is 0. The van der Waals surface area contributed by atoms with Gasteiger partial charge in [-0.1, -0.05) is 6.07 Å². The zero-order valence-corrected chi connectivity index (χ0v) is 10.8. The average Bonchev–Trinajstić information content (AvgIpc) is 2.24. The summed E-state index contributed by atoms with van der Waals surface area (Å²) in [7, 11) is 1.52. The minimum Gasteiger partial charge on any atom is -0.496 e. The van der Waals surface area contributed by atoms with Gasteiger partial charge in [-0.05, 0) is 40.0 Å². The molecule has 0 spiro atoms. The number of halogens is 4. The summed E-state index contributed by atoms with van der Waals surface area (Å²) in [5, 5.41) is 0. The van der Waals surface area contributed by atoms with E-state index in [-0.39, 0.29) is 6.42 Å². The summed E-state index contributed by atoms with van der Waals surface area (Å²) >= 11 is 3.26. The van der Waals surface area contributed by atoms with E-state index in [0.29, 0.717) is 15.8 Å². The molecule has 0 heterocycles. The Morgan fingerprint density at radius 3 is 2.53 bits per heavy atom. The lowest BCUT2D eigenvalue weighted by molar-refractivity contribution is -0.136. The standard InChI is InChI=1S/C11H13BrF3NO/c1-17-10-3-2-7(6-8(10)12)9(16)4-5-11(13,14)15/h2-3,6,9H,4-5,16H2,1H3/t9-/m1/s1. The second-order valence-corrected chi connectivity index (χ2v) is 4.51. The van der Waals surface area contributed by atoms with E-state index >= 15 is 0 Å². The maximum atomic E-state index is 12.0. The fraction of sp³-hybridized carbons (Fsp3) is 0.455. The summed E-state index contributed by atoms with van der Waals surface area (Å²) in [4.78, 5) is 0. The minimum atomic E-state index is -4.17. The van der Waals surface area contributed by atoms with Gasteiger partial charge in [0.15, 0.2) is 0 Å². The SMILES string of the molecule is COc1ccc([C@H](N)CCC(F)(F)F)cc1Br. The Labute approximate surface area is 106 Å². The van der Waals surface area contributed by atoms with Crippen LogP contribution in [0.2, 0.25) is 0 Å². The lowest BCUT2D eigenvalue weighted by Crippen LogP contribution is -2.15. The first-order valence-electron chi connectivity index (χ1n) is 4.99. The van der Waals surface area contributed by atoms with Crippen LogP contribution in [0.4, 0.5) is 13.2 Å². The van der Waals surface area contributed by atoms with Crippen molar-refractivity contribution in [3.63, 3.8) is 0 Å². The van der Waals surface area contributed by atoms with Crippen LogP contribution in [0, 0.1) is 0 Å². The Kier molecular flexibility index (Phi) is 4.82. The van der Waals surface area contributed by atoms with Crippen LogP contribution >= 0.6 is 15.9 Å². The van der Waals surface area contributed by atoms with Crippen LogP contribution in [0.1, 0.15) is 24.4 Å². The van der Waals surface area contributed by atoms with Gasteiger partial charge in [0, 0.05) is 12.5 Å². The molecule has 17 heavy (non-hydrogen) atoms. The number of ether oxygens (including phenoxy) is 1. The van der Waals surface area contributed by atoms with E-state index in [4.69, 9.17) is 10.5 Å². The number of alkyl halides is 3. The molecule has 1 aromatic rings. The Hall–Kier alpha value is -0.750. The van der Waals surface area contributed by atoms with E-state index in [1.165, 1.54) is 7.11 Å². The maximum absolute atomic E-state index is 12.0. The molecule has 6 heteroatoms. The molecule has 0 aliphatic carbocycles. The van der Waals surface area contributed by atoms with Crippen LogP contribution in [0.5, 0.6) is 5.75 Å². The molecule has 0 radical (unpaired) electrons. The number of nitrogens with two attached hydrogens (primary N) is 1. The van der Waals surface area contributed by atoms with Crippen molar-refractivity contribution in [2.45, 2.75) is 25.1 Å². The van der Waals surface area contributed by atoms with Crippen molar-refractivity contribution in [3.8, 4) is 5.75 Å². The first-order chi connectivity index (χ1) is 7.83. The molecule has 0 aromatic heterocycles. The second-order valence-electron chi connectivity index (χ2n) is 3.65. The zero-order chi connectivity index (χ0) is 13.1. The smallest absolute Gasteiger partial charge is 0.389 e. The number of hydrogen-bond acceptors (Lipinski definition) is 2. The third-order valence-corrected chi connectivity index (χ3v) is 2.96. The summed E-state index contributed by atoms with van der Waals surface area (Å²) in [5.41, 5.74) is 6.36. The first-order valence-corrected chi connectivity index (χ1v) is 5.78. The zero-order valence-electron chi connectivity index (χ0n) is 9.22. The van der Waals surface area contributed by atoms with E-state index in [9.17, 15) is 13.2 Å². The Balaban J connectivity index is 2.69. The van der Waals surface area contributed by atoms with Crippen LogP contribution in [0.15, 0.2) is 22.7 Å². The second kappa shape index (κ2) is 5.73. The summed E-state index contributed by atoms with van der Waals surface area (Å²) < 4.78 is 41.8. The molecule has 0 aliphatic rings. The average molecular weight is 312 g/mol. The molecule has 1 atom stereocenters.